The smallest absolute Gasteiger partial charge is 0.122 e. The number of aliphatic hydroxyl groups excluding tert-OH is 1. The quantitative estimate of drug-likeness (QED) is 0.864. The molecule has 0 fully saturated rings. The monoisotopic (exact) mass is 266 g/mol. The second-order valence-corrected chi connectivity index (χ2v) is 4.66. The lowest BCUT2D eigenvalue weighted by atomic mass is 10.1. The van der Waals surface area contributed by atoms with Gasteiger partial charge >= 0.3 is 0 Å². The normalized spacial score (nSPS) is 9.75. The molecule has 102 valence electrons. The van der Waals surface area contributed by atoms with Gasteiger partial charge < -0.3 is 9.84 Å². The number of aliphatic hydroxyl groups is 1. The molecule has 0 amide bonds. The fourth-order valence-corrected chi connectivity index (χ4v) is 1.96. The van der Waals surface area contributed by atoms with Gasteiger partial charge in [-0.05, 0) is 48.7 Å². The molecule has 0 aliphatic heterocycles. The van der Waals surface area contributed by atoms with Gasteiger partial charge in [-0.3, -0.25) is 0 Å². The summed E-state index contributed by atoms with van der Waals surface area (Å²) in [6.45, 7) is 4.52. The standard InChI is InChI=1S/C18H18O2/c1-14-6-3-4-8-17(14)13-20-18-10-9-16(7-5-11-19)12-15(18)2/h3-4,6,8-10,12,19H,11,13H2,1-2H3. The average molecular weight is 266 g/mol. The van der Waals surface area contributed by atoms with Gasteiger partial charge in [-0.15, -0.1) is 0 Å². The first-order valence-corrected chi connectivity index (χ1v) is 6.58. The Balaban J connectivity index is 2.09. The van der Waals surface area contributed by atoms with Crippen LogP contribution in [0.2, 0.25) is 0 Å². The fourth-order valence-electron chi connectivity index (χ4n) is 1.96. The Labute approximate surface area is 120 Å². The summed E-state index contributed by atoms with van der Waals surface area (Å²) in [6, 6.07) is 14.0. The van der Waals surface area contributed by atoms with Gasteiger partial charge in [0.05, 0.1) is 0 Å². The van der Waals surface area contributed by atoms with Crippen molar-refractivity contribution in [3.05, 3.63) is 64.7 Å². The van der Waals surface area contributed by atoms with E-state index in [9.17, 15) is 0 Å². The van der Waals surface area contributed by atoms with Gasteiger partial charge in [0.2, 0.25) is 0 Å². The predicted molar refractivity (Wildman–Crippen MR) is 80.7 cm³/mol. The maximum absolute atomic E-state index is 8.69. The average Bonchev–Trinajstić information content (AvgIpc) is 2.45. The van der Waals surface area contributed by atoms with Gasteiger partial charge in [-0.2, -0.15) is 0 Å². The zero-order chi connectivity index (χ0) is 14.4. The number of hydrogen-bond acceptors (Lipinski definition) is 2. The number of hydrogen-bond donors (Lipinski definition) is 1. The van der Waals surface area contributed by atoms with Gasteiger partial charge in [0.25, 0.3) is 0 Å². The summed E-state index contributed by atoms with van der Waals surface area (Å²) in [7, 11) is 0. The molecular formula is C18H18O2. The summed E-state index contributed by atoms with van der Waals surface area (Å²) in [4.78, 5) is 0. The second-order valence-electron chi connectivity index (χ2n) is 4.66. The van der Waals surface area contributed by atoms with Crippen LogP contribution in [-0.4, -0.2) is 11.7 Å². The van der Waals surface area contributed by atoms with Crippen LogP contribution < -0.4 is 4.74 Å². The van der Waals surface area contributed by atoms with Gasteiger partial charge in [-0.1, -0.05) is 36.1 Å². The molecular weight excluding hydrogens is 248 g/mol. The summed E-state index contributed by atoms with van der Waals surface area (Å²) in [5, 5.41) is 8.69. The molecule has 2 nitrogen and oxygen atoms in total. The Morgan fingerprint density at radius 2 is 1.85 bits per heavy atom. The molecule has 2 aromatic rings. The summed E-state index contributed by atoms with van der Waals surface area (Å²) in [5.74, 6) is 6.39. The van der Waals surface area contributed by atoms with E-state index in [1.807, 2.05) is 37.3 Å². The first-order chi connectivity index (χ1) is 9.70. The minimum Gasteiger partial charge on any atom is -0.489 e. The third-order valence-corrected chi connectivity index (χ3v) is 3.13. The van der Waals surface area contributed by atoms with Gasteiger partial charge in [0.1, 0.15) is 19.0 Å². The van der Waals surface area contributed by atoms with Crippen LogP contribution in [0.15, 0.2) is 42.5 Å². The lowest BCUT2D eigenvalue weighted by molar-refractivity contribution is 0.303. The summed E-state index contributed by atoms with van der Waals surface area (Å²) in [5.41, 5.74) is 4.36. The first kappa shape index (κ1) is 14.2. The van der Waals surface area contributed by atoms with Crippen molar-refractivity contribution in [2.75, 3.05) is 6.61 Å². The van der Waals surface area contributed by atoms with Crippen molar-refractivity contribution in [3.63, 3.8) is 0 Å². The van der Waals surface area contributed by atoms with E-state index < -0.39 is 0 Å². The van der Waals surface area contributed by atoms with Crippen molar-refractivity contribution in [2.45, 2.75) is 20.5 Å². The Morgan fingerprint density at radius 3 is 2.55 bits per heavy atom. The predicted octanol–water partition coefficient (Wildman–Crippen LogP) is 3.23. The van der Waals surface area contributed by atoms with E-state index >= 15 is 0 Å². The molecule has 1 N–H and O–H groups in total. The van der Waals surface area contributed by atoms with E-state index in [0.717, 1.165) is 16.9 Å². The van der Waals surface area contributed by atoms with E-state index in [1.165, 1.54) is 11.1 Å². The lowest BCUT2D eigenvalue weighted by Crippen LogP contribution is -1.99. The van der Waals surface area contributed by atoms with E-state index in [4.69, 9.17) is 9.84 Å². The number of aryl methyl sites for hydroxylation is 2. The molecule has 0 atom stereocenters. The van der Waals surface area contributed by atoms with Crippen LogP contribution in [0.1, 0.15) is 22.3 Å². The number of ether oxygens (including phenoxy) is 1. The maximum Gasteiger partial charge on any atom is 0.122 e. The van der Waals surface area contributed by atoms with E-state index in [-0.39, 0.29) is 6.61 Å². The molecule has 0 spiro atoms. The molecule has 0 heterocycles. The lowest BCUT2D eigenvalue weighted by Gasteiger charge is -2.11. The molecule has 0 aliphatic rings. The molecule has 0 aromatic heterocycles. The van der Waals surface area contributed by atoms with Gasteiger partial charge in [-0.25, -0.2) is 0 Å². The summed E-state index contributed by atoms with van der Waals surface area (Å²) in [6.07, 6.45) is 0. The van der Waals surface area contributed by atoms with Crippen LogP contribution >= 0.6 is 0 Å². The Hall–Kier alpha value is -2.24. The third kappa shape index (κ3) is 3.63. The molecule has 0 bridgehead atoms. The molecule has 0 unspecified atom stereocenters. The molecule has 2 rings (SSSR count). The van der Waals surface area contributed by atoms with Crippen molar-refractivity contribution in [2.24, 2.45) is 0 Å². The molecule has 2 aromatic carbocycles. The van der Waals surface area contributed by atoms with Crippen molar-refractivity contribution in [3.8, 4) is 17.6 Å². The van der Waals surface area contributed by atoms with Crippen LogP contribution in [-0.2, 0) is 6.61 Å². The molecule has 2 heteroatoms. The molecule has 0 saturated heterocycles. The van der Waals surface area contributed by atoms with Crippen LogP contribution in [0.25, 0.3) is 0 Å². The highest BCUT2D eigenvalue weighted by Crippen LogP contribution is 2.20. The zero-order valence-corrected chi connectivity index (χ0v) is 11.8. The van der Waals surface area contributed by atoms with E-state index in [2.05, 4.69) is 30.9 Å². The molecule has 0 saturated carbocycles. The summed E-state index contributed by atoms with van der Waals surface area (Å²) >= 11 is 0. The number of benzene rings is 2. The highest BCUT2D eigenvalue weighted by Gasteiger charge is 2.02. The molecule has 20 heavy (non-hydrogen) atoms. The zero-order valence-electron chi connectivity index (χ0n) is 11.8. The minimum absolute atomic E-state index is 0.120. The highest BCUT2D eigenvalue weighted by molar-refractivity contribution is 5.43. The van der Waals surface area contributed by atoms with Crippen LogP contribution in [0, 0.1) is 25.7 Å². The van der Waals surface area contributed by atoms with Crippen LogP contribution in [0.4, 0.5) is 0 Å². The largest absolute Gasteiger partial charge is 0.489 e. The molecule has 0 radical (unpaired) electrons. The minimum atomic E-state index is -0.120. The van der Waals surface area contributed by atoms with Crippen molar-refractivity contribution < 1.29 is 9.84 Å². The van der Waals surface area contributed by atoms with Crippen molar-refractivity contribution in [1.82, 2.24) is 0 Å². The third-order valence-electron chi connectivity index (χ3n) is 3.13. The topological polar surface area (TPSA) is 29.5 Å². The Bertz CT molecular complexity index is 648. The Morgan fingerprint density at radius 1 is 1.05 bits per heavy atom. The SMILES string of the molecule is Cc1ccccc1COc1ccc(C#CCO)cc1C. The first-order valence-electron chi connectivity index (χ1n) is 6.58. The summed E-state index contributed by atoms with van der Waals surface area (Å²) < 4.78 is 5.87. The fraction of sp³-hybridized carbons (Fsp3) is 0.222. The van der Waals surface area contributed by atoms with Crippen LogP contribution in [0.5, 0.6) is 5.75 Å². The Kier molecular flexibility index (Phi) is 4.81. The molecule has 0 aliphatic carbocycles. The van der Waals surface area contributed by atoms with Crippen molar-refractivity contribution >= 4 is 0 Å². The van der Waals surface area contributed by atoms with Crippen molar-refractivity contribution in [1.29, 1.82) is 0 Å². The van der Waals surface area contributed by atoms with Crippen LogP contribution in [0.3, 0.4) is 0 Å². The van der Waals surface area contributed by atoms with Gasteiger partial charge in [0, 0.05) is 5.56 Å². The second kappa shape index (κ2) is 6.79. The highest BCUT2D eigenvalue weighted by atomic mass is 16.5. The maximum atomic E-state index is 8.69. The van der Waals surface area contributed by atoms with Gasteiger partial charge in [0.15, 0.2) is 0 Å². The van der Waals surface area contributed by atoms with E-state index in [0.29, 0.717) is 6.61 Å². The number of rotatable bonds is 3. The van der Waals surface area contributed by atoms with E-state index in [1.54, 1.807) is 0 Å².